The van der Waals surface area contributed by atoms with Gasteiger partial charge in [-0.2, -0.15) is 0 Å². The van der Waals surface area contributed by atoms with Crippen molar-refractivity contribution in [2.75, 3.05) is 13.1 Å². The number of likely N-dealkylation sites (tertiary alicyclic amines) is 1. The summed E-state index contributed by atoms with van der Waals surface area (Å²) in [7, 11) is 0. The van der Waals surface area contributed by atoms with Gasteiger partial charge in [0.2, 0.25) is 0 Å². The summed E-state index contributed by atoms with van der Waals surface area (Å²) < 4.78 is 13.3. The molecule has 3 rings (SSSR count). The molecule has 0 bridgehead atoms. The van der Waals surface area contributed by atoms with E-state index in [1.165, 1.54) is 6.07 Å². The van der Waals surface area contributed by atoms with Gasteiger partial charge in [0.1, 0.15) is 11.6 Å². The molecule has 1 saturated heterocycles. The highest BCUT2D eigenvalue weighted by atomic mass is 19.1. The van der Waals surface area contributed by atoms with E-state index in [-0.39, 0.29) is 17.6 Å². The van der Waals surface area contributed by atoms with Crippen molar-refractivity contribution in [2.45, 2.75) is 38.3 Å². The van der Waals surface area contributed by atoms with E-state index in [1.807, 2.05) is 13.0 Å². The Morgan fingerprint density at radius 3 is 2.44 bits per heavy atom. The minimum absolute atomic E-state index is 0.0275. The van der Waals surface area contributed by atoms with Gasteiger partial charge < -0.3 is 10.2 Å². The Labute approximate surface area is 148 Å². The normalized spacial score (nSPS) is 18.8. The van der Waals surface area contributed by atoms with E-state index < -0.39 is 6.10 Å². The first-order chi connectivity index (χ1) is 12.0. The summed E-state index contributed by atoms with van der Waals surface area (Å²) in [6.45, 7) is 3.93. The molecule has 3 nitrogen and oxygen atoms in total. The lowest BCUT2D eigenvalue weighted by molar-refractivity contribution is 0.0373. The third-order valence-electron chi connectivity index (χ3n) is 5.33. The number of hydrogen-bond acceptors (Lipinski definition) is 3. The fourth-order valence-corrected chi connectivity index (χ4v) is 3.71. The minimum atomic E-state index is -0.569. The van der Waals surface area contributed by atoms with Crippen LogP contribution in [0.4, 0.5) is 4.39 Å². The number of piperidine rings is 1. The summed E-state index contributed by atoms with van der Waals surface area (Å²) >= 11 is 0. The van der Waals surface area contributed by atoms with Gasteiger partial charge in [-0.3, -0.25) is 4.90 Å². The maximum atomic E-state index is 13.3. The molecule has 0 aromatic heterocycles. The second-order valence-electron chi connectivity index (χ2n) is 7.09. The third-order valence-corrected chi connectivity index (χ3v) is 5.33. The Morgan fingerprint density at radius 2 is 1.80 bits per heavy atom. The van der Waals surface area contributed by atoms with Gasteiger partial charge in [-0.1, -0.05) is 24.3 Å². The van der Waals surface area contributed by atoms with Crippen LogP contribution in [-0.2, 0) is 6.42 Å². The van der Waals surface area contributed by atoms with Crippen molar-refractivity contribution < 1.29 is 14.6 Å². The summed E-state index contributed by atoms with van der Waals surface area (Å²) in [6.07, 6.45) is 2.47. The maximum absolute atomic E-state index is 13.3. The van der Waals surface area contributed by atoms with Crippen LogP contribution in [-0.4, -0.2) is 34.2 Å². The lowest BCUT2D eigenvalue weighted by Gasteiger charge is -2.38. The molecule has 2 unspecified atom stereocenters. The molecule has 2 atom stereocenters. The molecule has 2 N–H and O–H groups in total. The SMILES string of the molecule is CC(C(O)c1ccc(O)cc1)N1CCC(Cc2cccc(F)c2)CC1. The van der Waals surface area contributed by atoms with Crippen LogP contribution >= 0.6 is 0 Å². The molecule has 4 heteroatoms. The van der Waals surface area contributed by atoms with Gasteiger partial charge >= 0.3 is 0 Å². The van der Waals surface area contributed by atoms with Gasteiger partial charge in [0.15, 0.2) is 0 Å². The number of nitrogens with zero attached hydrogens (tertiary/aromatic N) is 1. The summed E-state index contributed by atoms with van der Waals surface area (Å²) in [5.41, 5.74) is 1.89. The van der Waals surface area contributed by atoms with Crippen molar-refractivity contribution in [1.82, 2.24) is 4.90 Å². The minimum Gasteiger partial charge on any atom is -0.508 e. The van der Waals surface area contributed by atoms with E-state index in [1.54, 1.807) is 36.4 Å². The monoisotopic (exact) mass is 343 g/mol. The summed E-state index contributed by atoms with van der Waals surface area (Å²) in [6, 6.07) is 13.7. The van der Waals surface area contributed by atoms with E-state index in [2.05, 4.69) is 4.90 Å². The first kappa shape index (κ1) is 17.9. The Hall–Kier alpha value is -1.91. The summed E-state index contributed by atoms with van der Waals surface area (Å²) in [5, 5.41) is 20.0. The zero-order valence-corrected chi connectivity index (χ0v) is 14.6. The summed E-state index contributed by atoms with van der Waals surface area (Å²) in [4.78, 5) is 2.32. The van der Waals surface area contributed by atoms with Gasteiger partial charge in [0, 0.05) is 6.04 Å². The van der Waals surface area contributed by atoms with Crippen LogP contribution in [0.1, 0.15) is 37.0 Å². The zero-order chi connectivity index (χ0) is 17.8. The predicted octanol–water partition coefficient (Wildman–Crippen LogP) is 3.91. The van der Waals surface area contributed by atoms with Gasteiger partial charge in [-0.15, -0.1) is 0 Å². The molecule has 0 spiro atoms. The van der Waals surface area contributed by atoms with Crippen LogP contribution in [0.15, 0.2) is 48.5 Å². The average molecular weight is 343 g/mol. The molecule has 2 aromatic carbocycles. The molecule has 1 aliphatic heterocycles. The van der Waals surface area contributed by atoms with Gasteiger partial charge in [-0.05, 0) is 80.6 Å². The number of benzene rings is 2. The molecule has 0 amide bonds. The number of halogens is 1. The molecule has 0 aliphatic carbocycles. The van der Waals surface area contributed by atoms with Crippen LogP contribution in [0.5, 0.6) is 5.75 Å². The van der Waals surface area contributed by atoms with Crippen LogP contribution < -0.4 is 0 Å². The Balaban J connectivity index is 1.53. The number of aliphatic hydroxyl groups is 1. The zero-order valence-electron chi connectivity index (χ0n) is 14.6. The van der Waals surface area contributed by atoms with Gasteiger partial charge in [-0.25, -0.2) is 4.39 Å². The molecule has 0 saturated carbocycles. The molecule has 134 valence electrons. The van der Waals surface area contributed by atoms with Crippen molar-refractivity contribution in [1.29, 1.82) is 0 Å². The Morgan fingerprint density at radius 1 is 1.12 bits per heavy atom. The van der Waals surface area contributed by atoms with E-state index in [0.717, 1.165) is 43.5 Å². The third kappa shape index (κ3) is 4.59. The van der Waals surface area contributed by atoms with E-state index in [9.17, 15) is 14.6 Å². The predicted molar refractivity (Wildman–Crippen MR) is 96.9 cm³/mol. The van der Waals surface area contributed by atoms with Crippen molar-refractivity contribution in [3.05, 3.63) is 65.5 Å². The number of phenols is 1. The van der Waals surface area contributed by atoms with Crippen LogP contribution in [0.2, 0.25) is 0 Å². The highest BCUT2D eigenvalue weighted by molar-refractivity contribution is 5.28. The Bertz CT molecular complexity index is 681. The van der Waals surface area contributed by atoms with E-state index >= 15 is 0 Å². The van der Waals surface area contributed by atoms with Gasteiger partial charge in [0.05, 0.1) is 6.10 Å². The largest absolute Gasteiger partial charge is 0.508 e. The van der Waals surface area contributed by atoms with Crippen molar-refractivity contribution >= 4 is 0 Å². The molecule has 1 heterocycles. The first-order valence-corrected chi connectivity index (χ1v) is 8.98. The fourth-order valence-electron chi connectivity index (χ4n) is 3.71. The fraction of sp³-hybridized carbons (Fsp3) is 0.429. The molecule has 1 fully saturated rings. The van der Waals surface area contributed by atoms with Crippen LogP contribution in [0.3, 0.4) is 0 Å². The topological polar surface area (TPSA) is 43.7 Å². The van der Waals surface area contributed by atoms with Crippen molar-refractivity contribution in [3.8, 4) is 5.75 Å². The van der Waals surface area contributed by atoms with Crippen molar-refractivity contribution in [3.63, 3.8) is 0 Å². The first-order valence-electron chi connectivity index (χ1n) is 8.98. The van der Waals surface area contributed by atoms with Gasteiger partial charge in [0.25, 0.3) is 0 Å². The lowest BCUT2D eigenvalue weighted by Crippen LogP contribution is -2.43. The number of rotatable bonds is 5. The highest BCUT2D eigenvalue weighted by Gasteiger charge is 2.27. The van der Waals surface area contributed by atoms with Crippen LogP contribution in [0.25, 0.3) is 0 Å². The van der Waals surface area contributed by atoms with E-state index in [4.69, 9.17) is 0 Å². The molecule has 25 heavy (non-hydrogen) atoms. The molecule has 2 aromatic rings. The quantitative estimate of drug-likeness (QED) is 0.865. The van der Waals surface area contributed by atoms with Crippen LogP contribution in [0, 0.1) is 11.7 Å². The molecule has 0 radical (unpaired) electrons. The Kier molecular flexibility index (Phi) is 5.71. The highest BCUT2D eigenvalue weighted by Crippen LogP contribution is 2.28. The maximum Gasteiger partial charge on any atom is 0.123 e. The number of aromatic hydroxyl groups is 1. The lowest BCUT2D eigenvalue weighted by atomic mass is 9.89. The smallest absolute Gasteiger partial charge is 0.123 e. The number of phenolic OH excluding ortho intramolecular Hbond substituents is 1. The molecule has 1 aliphatic rings. The number of aliphatic hydroxyl groups excluding tert-OH is 1. The summed E-state index contributed by atoms with van der Waals surface area (Å²) in [5.74, 6) is 0.610. The standard InChI is InChI=1S/C21H26FNO2/c1-15(21(25)18-5-7-20(24)8-6-18)23-11-9-16(10-12-23)13-17-3-2-4-19(22)14-17/h2-8,14-16,21,24-25H,9-13H2,1H3. The van der Waals surface area contributed by atoms with Crippen molar-refractivity contribution in [2.24, 2.45) is 5.92 Å². The average Bonchev–Trinajstić information content (AvgIpc) is 2.62. The molecular formula is C21H26FNO2. The second kappa shape index (κ2) is 7.98. The second-order valence-corrected chi connectivity index (χ2v) is 7.09. The molecular weight excluding hydrogens is 317 g/mol. The van der Waals surface area contributed by atoms with E-state index in [0.29, 0.717) is 5.92 Å². The number of hydrogen-bond donors (Lipinski definition) is 2.